The van der Waals surface area contributed by atoms with E-state index in [4.69, 9.17) is 14.2 Å². The van der Waals surface area contributed by atoms with E-state index in [0.717, 1.165) is 28.4 Å². The Morgan fingerprint density at radius 2 is 1.55 bits per heavy atom. The van der Waals surface area contributed by atoms with Crippen molar-refractivity contribution in [2.24, 2.45) is 0 Å². The van der Waals surface area contributed by atoms with Crippen LogP contribution in [0.4, 0.5) is 0 Å². The second-order valence-electron chi connectivity index (χ2n) is 9.12. The lowest BCUT2D eigenvalue weighted by Crippen LogP contribution is -2.18. The second kappa shape index (κ2) is 10.5. The molecule has 0 radical (unpaired) electrons. The highest BCUT2D eigenvalue weighted by molar-refractivity contribution is 6.07. The van der Waals surface area contributed by atoms with E-state index in [1.165, 1.54) is 0 Å². The van der Waals surface area contributed by atoms with Crippen LogP contribution in [0.25, 0.3) is 6.08 Å². The van der Waals surface area contributed by atoms with Crippen molar-refractivity contribution in [1.29, 1.82) is 0 Å². The van der Waals surface area contributed by atoms with Crippen molar-refractivity contribution < 1.29 is 19.0 Å². The van der Waals surface area contributed by atoms with Gasteiger partial charge >= 0.3 is 0 Å². The summed E-state index contributed by atoms with van der Waals surface area (Å²) < 4.78 is 17.6. The highest BCUT2D eigenvalue weighted by atomic mass is 16.5. The number of hydrogen-bond acceptors (Lipinski definition) is 4. The van der Waals surface area contributed by atoms with Crippen molar-refractivity contribution in [1.82, 2.24) is 0 Å². The molecule has 0 aliphatic rings. The first kappa shape index (κ1) is 24.5. The van der Waals surface area contributed by atoms with Crippen molar-refractivity contribution in [2.45, 2.75) is 73.0 Å². The molecule has 0 atom stereocenters. The molecule has 0 amide bonds. The zero-order valence-electron chi connectivity index (χ0n) is 20.1. The molecule has 0 unspecified atom stereocenters. The van der Waals surface area contributed by atoms with Gasteiger partial charge in [0.2, 0.25) is 0 Å². The number of allylic oxidation sites excluding steroid dienone is 1. The first-order valence-electron chi connectivity index (χ1n) is 11.0. The highest BCUT2D eigenvalue weighted by Gasteiger charge is 2.24. The van der Waals surface area contributed by atoms with E-state index >= 15 is 0 Å². The van der Waals surface area contributed by atoms with Gasteiger partial charge in [0.05, 0.1) is 18.8 Å². The average Bonchev–Trinajstić information content (AvgIpc) is 2.64. The molecule has 0 aliphatic carbocycles. The van der Waals surface area contributed by atoms with E-state index in [9.17, 15) is 4.79 Å². The van der Waals surface area contributed by atoms with Crippen LogP contribution < -0.4 is 14.2 Å². The number of benzene rings is 2. The van der Waals surface area contributed by atoms with E-state index in [1.54, 1.807) is 18.2 Å². The third-order valence-electron chi connectivity index (χ3n) is 4.45. The Hall–Kier alpha value is -2.75. The predicted molar refractivity (Wildman–Crippen MR) is 128 cm³/mol. The molecule has 31 heavy (non-hydrogen) atoms. The fourth-order valence-corrected chi connectivity index (χ4v) is 3.38. The first-order valence-corrected chi connectivity index (χ1v) is 11.0. The van der Waals surface area contributed by atoms with Crippen LogP contribution in [0.2, 0.25) is 0 Å². The maximum atomic E-state index is 12.8. The smallest absolute Gasteiger partial charge is 0.185 e. The molecule has 0 heterocycles. The van der Waals surface area contributed by atoms with Gasteiger partial charge in [-0.1, -0.05) is 26.8 Å². The Bertz CT molecular complexity index is 900. The Morgan fingerprint density at radius 1 is 0.935 bits per heavy atom. The van der Waals surface area contributed by atoms with Crippen LogP contribution in [0.15, 0.2) is 42.5 Å². The molecule has 0 aliphatic heterocycles. The molecule has 0 N–H and O–H groups in total. The molecule has 2 aromatic carbocycles. The van der Waals surface area contributed by atoms with Gasteiger partial charge in [0, 0.05) is 17.2 Å². The van der Waals surface area contributed by atoms with Crippen LogP contribution in [0, 0.1) is 0 Å². The topological polar surface area (TPSA) is 44.8 Å². The zero-order valence-corrected chi connectivity index (χ0v) is 20.1. The molecule has 0 aromatic heterocycles. The van der Waals surface area contributed by atoms with Gasteiger partial charge in [-0.25, -0.2) is 0 Å². The Morgan fingerprint density at radius 3 is 2.06 bits per heavy atom. The first-order chi connectivity index (χ1) is 14.5. The Balaban J connectivity index is 2.47. The summed E-state index contributed by atoms with van der Waals surface area (Å²) in [5.41, 5.74) is 2.40. The standard InChI is InChI=1S/C27H36O4/c1-9-29-22-13-10-20(11-14-22)24(28)15-12-21-16-23(30-18(2)3)17-25(31-19(4)5)26(21)27(6,7)8/h10-19H,9H2,1-8H3. The minimum Gasteiger partial charge on any atom is -0.494 e. The normalized spacial score (nSPS) is 11.9. The van der Waals surface area contributed by atoms with Crippen molar-refractivity contribution in [3.63, 3.8) is 0 Å². The summed E-state index contributed by atoms with van der Waals surface area (Å²) in [5, 5.41) is 0. The Kier molecular flexibility index (Phi) is 8.32. The van der Waals surface area contributed by atoms with Gasteiger partial charge in [0.1, 0.15) is 17.2 Å². The van der Waals surface area contributed by atoms with E-state index in [0.29, 0.717) is 12.2 Å². The van der Waals surface area contributed by atoms with E-state index in [1.807, 2.05) is 65.0 Å². The number of carbonyl (C=O) groups excluding carboxylic acids is 1. The highest BCUT2D eigenvalue weighted by Crippen LogP contribution is 2.39. The van der Waals surface area contributed by atoms with Crippen LogP contribution in [0.1, 0.15) is 76.9 Å². The van der Waals surface area contributed by atoms with Crippen LogP contribution in [0.5, 0.6) is 17.2 Å². The third kappa shape index (κ3) is 7.16. The van der Waals surface area contributed by atoms with Crippen LogP contribution in [-0.2, 0) is 5.41 Å². The molecule has 0 saturated carbocycles. The maximum Gasteiger partial charge on any atom is 0.185 e. The maximum absolute atomic E-state index is 12.8. The summed E-state index contributed by atoms with van der Waals surface area (Å²) in [7, 11) is 0. The van der Waals surface area contributed by atoms with Gasteiger partial charge in [-0.05, 0) is 82.0 Å². The minimum atomic E-state index is -0.178. The molecule has 0 bridgehead atoms. The fraction of sp³-hybridized carbons (Fsp3) is 0.444. The second-order valence-corrected chi connectivity index (χ2v) is 9.12. The lowest BCUT2D eigenvalue weighted by molar-refractivity contribution is 0.104. The van der Waals surface area contributed by atoms with Gasteiger partial charge in [-0.3, -0.25) is 4.79 Å². The van der Waals surface area contributed by atoms with Crippen LogP contribution >= 0.6 is 0 Å². The van der Waals surface area contributed by atoms with Crippen molar-refractivity contribution in [3.05, 3.63) is 59.2 Å². The number of rotatable bonds is 9. The summed E-state index contributed by atoms with van der Waals surface area (Å²) in [4.78, 5) is 12.8. The summed E-state index contributed by atoms with van der Waals surface area (Å²) >= 11 is 0. The lowest BCUT2D eigenvalue weighted by Gasteiger charge is -2.27. The predicted octanol–water partition coefficient (Wildman–Crippen LogP) is 6.85. The number of ketones is 1. The molecule has 168 valence electrons. The van der Waals surface area contributed by atoms with Crippen molar-refractivity contribution in [3.8, 4) is 17.2 Å². The van der Waals surface area contributed by atoms with Gasteiger partial charge < -0.3 is 14.2 Å². The average molecular weight is 425 g/mol. The largest absolute Gasteiger partial charge is 0.494 e. The minimum absolute atomic E-state index is 0.0257. The van der Waals surface area contributed by atoms with Gasteiger partial charge in [0.25, 0.3) is 0 Å². The molecular formula is C27H36O4. The number of ether oxygens (including phenoxy) is 3. The van der Waals surface area contributed by atoms with Gasteiger partial charge in [0.15, 0.2) is 5.78 Å². The molecule has 4 heteroatoms. The number of hydrogen-bond donors (Lipinski definition) is 0. The van der Waals surface area contributed by atoms with E-state index in [-0.39, 0.29) is 23.4 Å². The molecule has 0 spiro atoms. The van der Waals surface area contributed by atoms with E-state index < -0.39 is 0 Å². The van der Waals surface area contributed by atoms with Gasteiger partial charge in [-0.2, -0.15) is 0 Å². The van der Waals surface area contributed by atoms with Crippen molar-refractivity contribution in [2.75, 3.05) is 6.61 Å². The van der Waals surface area contributed by atoms with Crippen LogP contribution in [-0.4, -0.2) is 24.6 Å². The molecule has 0 saturated heterocycles. The molecule has 4 nitrogen and oxygen atoms in total. The third-order valence-corrected chi connectivity index (χ3v) is 4.45. The molecule has 2 aromatic rings. The summed E-state index contributed by atoms with van der Waals surface area (Å²) in [6.45, 7) is 17.0. The van der Waals surface area contributed by atoms with Gasteiger partial charge in [-0.15, -0.1) is 0 Å². The molecular weight excluding hydrogens is 388 g/mol. The Labute approximate surface area is 187 Å². The fourth-order valence-electron chi connectivity index (χ4n) is 3.38. The molecule has 2 rings (SSSR count). The number of carbonyl (C=O) groups is 1. The monoisotopic (exact) mass is 424 g/mol. The SMILES string of the molecule is CCOc1ccc(C(=O)C=Cc2cc(OC(C)C)cc(OC(C)C)c2C(C)(C)C)cc1. The summed E-state index contributed by atoms with van der Waals surface area (Å²) in [6.07, 6.45) is 3.53. The quantitative estimate of drug-likeness (QED) is 0.326. The molecule has 0 fully saturated rings. The zero-order chi connectivity index (χ0) is 23.2. The van der Waals surface area contributed by atoms with Crippen LogP contribution in [0.3, 0.4) is 0 Å². The summed E-state index contributed by atoms with van der Waals surface area (Å²) in [6, 6.07) is 11.1. The van der Waals surface area contributed by atoms with Crippen molar-refractivity contribution >= 4 is 11.9 Å². The lowest BCUT2D eigenvalue weighted by atomic mass is 9.82. The summed E-state index contributed by atoms with van der Waals surface area (Å²) in [5.74, 6) is 2.21. The van der Waals surface area contributed by atoms with E-state index in [2.05, 4.69) is 20.8 Å².